The first-order valence-electron chi connectivity index (χ1n) is 6.71. The number of aliphatic carboxylic acids is 1. The lowest BCUT2D eigenvalue weighted by atomic mass is 9.93. The van der Waals surface area contributed by atoms with Crippen LogP contribution in [0.1, 0.15) is 37.7 Å². The molecule has 0 amide bonds. The molecule has 1 atom stereocenters. The van der Waals surface area contributed by atoms with Crippen molar-refractivity contribution in [2.45, 2.75) is 38.5 Å². The molecule has 0 saturated carbocycles. The third-order valence-corrected chi connectivity index (χ3v) is 3.21. The van der Waals surface area contributed by atoms with E-state index in [1.54, 1.807) is 12.1 Å². The van der Waals surface area contributed by atoms with Crippen LogP contribution in [0.5, 0.6) is 0 Å². The molecular weight excluding hydrogens is 243 g/mol. The summed E-state index contributed by atoms with van der Waals surface area (Å²) in [5.74, 6) is -1.44. The molecule has 0 radical (unpaired) electrons. The fourth-order valence-electron chi connectivity index (χ4n) is 2.07. The summed E-state index contributed by atoms with van der Waals surface area (Å²) in [6, 6.07) is 6.06. The maximum atomic E-state index is 12.8. The number of halogens is 1. The molecule has 1 aromatic carbocycles. The predicted octanol–water partition coefficient (Wildman–Crippen LogP) is 4.21. The Labute approximate surface area is 114 Å². The summed E-state index contributed by atoms with van der Waals surface area (Å²) in [5.41, 5.74) is 0.875. The van der Waals surface area contributed by atoms with Gasteiger partial charge in [-0.2, -0.15) is 0 Å². The van der Waals surface area contributed by atoms with Gasteiger partial charge in [0.2, 0.25) is 0 Å². The second kappa shape index (κ2) is 8.46. The Hall–Kier alpha value is -1.64. The van der Waals surface area contributed by atoms with E-state index in [2.05, 4.69) is 6.58 Å². The van der Waals surface area contributed by atoms with E-state index >= 15 is 0 Å². The molecule has 0 bridgehead atoms. The molecule has 1 N–H and O–H groups in total. The van der Waals surface area contributed by atoms with E-state index in [-0.39, 0.29) is 11.7 Å². The molecule has 0 aliphatic rings. The van der Waals surface area contributed by atoms with Gasteiger partial charge in [0, 0.05) is 0 Å². The van der Waals surface area contributed by atoms with Gasteiger partial charge in [0.15, 0.2) is 0 Å². The minimum absolute atomic E-state index is 0.292. The molecule has 0 heterocycles. The van der Waals surface area contributed by atoms with Gasteiger partial charge in [-0.25, -0.2) is 4.39 Å². The third-order valence-electron chi connectivity index (χ3n) is 3.21. The Balaban J connectivity index is 2.42. The van der Waals surface area contributed by atoms with Crippen LogP contribution in [0, 0.1) is 11.7 Å². The lowest BCUT2D eigenvalue weighted by Gasteiger charge is -2.12. The van der Waals surface area contributed by atoms with Crippen LogP contribution in [0.2, 0.25) is 0 Å². The fourth-order valence-corrected chi connectivity index (χ4v) is 2.07. The highest BCUT2D eigenvalue weighted by molar-refractivity contribution is 5.70. The van der Waals surface area contributed by atoms with Crippen LogP contribution in [0.3, 0.4) is 0 Å². The molecule has 0 unspecified atom stereocenters. The number of carboxylic acids is 1. The molecule has 0 aliphatic heterocycles. The Bertz CT molecular complexity index is 398. The van der Waals surface area contributed by atoms with Crippen molar-refractivity contribution in [1.29, 1.82) is 0 Å². The standard InChI is InChI=1S/C16H21FO2/c1-2-3-4-5-6-7-14(16(18)19)12-13-8-10-15(17)11-9-13/h2,8-11,14H,1,3-7,12H2,(H,18,19)/t14-/m1/s1. The minimum Gasteiger partial charge on any atom is -0.481 e. The average molecular weight is 264 g/mol. The number of hydrogen-bond donors (Lipinski definition) is 1. The van der Waals surface area contributed by atoms with Crippen LogP contribution in [0.25, 0.3) is 0 Å². The van der Waals surface area contributed by atoms with Crippen LogP contribution in [-0.2, 0) is 11.2 Å². The zero-order chi connectivity index (χ0) is 14.1. The lowest BCUT2D eigenvalue weighted by molar-refractivity contribution is -0.142. The molecule has 0 saturated heterocycles. The molecular formula is C16H21FO2. The summed E-state index contributed by atoms with van der Waals surface area (Å²) in [5, 5.41) is 9.20. The molecule has 2 nitrogen and oxygen atoms in total. The summed E-state index contributed by atoms with van der Waals surface area (Å²) in [4.78, 5) is 11.2. The van der Waals surface area contributed by atoms with Gasteiger partial charge in [-0.05, 0) is 43.4 Å². The van der Waals surface area contributed by atoms with E-state index < -0.39 is 5.97 Å². The number of allylic oxidation sites excluding steroid dienone is 1. The molecule has 1 aromatic rings. The molecule has 19 heavy (non-hydrogen) atoms. The third kappa shape index (κ3) is 6.18. The van der Waals surface area contributed by atoms with Gasteiger partial charge in [0.1, 0.15) is 5.82 Å². The molecule has 0 fully saturated rings. The number of unbranched alkanes of at least 4 members (excludes halogenated alkanes) is 3. The number of hydrogen-bond acceptors (Lipinski definition) is 1. The van der Waals surface area contributed by atoms with Gasteiger partial charge < -0.3 is 5.11 Å². The highest BCUT2D eigenvalue weighted by atomic mass is 19.1. The largest absolute Gasteiger partial charge is 0.481 e. The van der Waals surface area contributed by atoms with Gasteiger partial charge in [-0.1, -0.05) is 31.1 Å². The van der Waals surface area contributed by atoms with Crippen molar-refractivity contribution >= 4 is 5.97 Å². The molecule has 104 valence electrons. The van der Waals surface area contributed by atoms with Crippen LogP contribution in [-0.4, -0.2) is 11.1 Å². The van der Waals surface area contributed by atoms with Crippen molar-refractivity contribution in [2.75, 3.05) is 0 Å². The minimum atomic E-state index is -0.770. The van der Waals surface area contributed by atoms with Crippen molar-refractivity contribution in [3.05, 3.63) is 48.3 Å². The predicted molar refractivity (Wildman–Crippen MR) is 74.5 cm³/mol. The molecule has 1 rings (SSSR count). The van der Waals surface area contributed by atoms with Crippen molar-refractivity contribution in [1.82, 2.24) is 0 Å². The Kier molecular flexibility index (Phi) is 6.86. The highest BCUT2D eigenvalue weighted by Crippen LogP contribution is 2.17. The molecule has 0 aromatic heterocycles. The zero-order valence-corrected chi connectivity index (χ0v) is 11.1. The Morgan fingerprint density at radius 3 is 2.53 bits per heavy atom. The normalized spacial score (nSPS) is 12.1. The number of rotatable bonds is 9. The first-order valence-corrected chi connectivity index (χ1v) is 6.71. The van der Waals surface area contributed by atoms with Crippen LogP contribution in [0.4, 0.5) is 4.39 Å². The zero-order valence-electron chi connectivity index (χ0n) is 11.1. The highest BCUT2D eigenvalue weighted by Gasteiger charge is 2.17. The van der Waals surface area contributed by atoms with Crippen molar-refractivity contribution < 1.29 is 14.3 Å². The summed E-state index contributed by atoms with van der Waals surface area (Å²) >= 11 is 0. The number of benzene rings is 1. The summed E-state index contributed by atoms with van der Waals surface area (Å²) in [7, 11) is 0. The van der Waals surface area contributed by atoms with Crippen molar-refractivity contribution in [3.8, 4) is 0 Å². The van der Waals surface area contributed by atoms with Gasteiger partial charge in [-0.3, -0.25) is 4.79 Å². The number of carboxylic acid groups (broad SMARTS) is 1. The van der Waals surface area contributed by atoms with Gasteiger partial charge in [-0.15, -0.1) is 6.58 Å². The quantitative estimate of drug-likeness (QED) is 0.536. The van der Waals surface area contributed by atoms with Gasteiger partial charge in [0.25, 0.3) is 0 Å². The molecule has 0 aliphatic carbocycles. The van der Waals surface area contributed by atoms with Crippen LogP contribution < -0.4 is 0 Å². The Morgan fingerprint density at radius 1 is 1.26 bits per heavy atom. The summed E-state index contributed by atoms with van der Waals surface area (Å²) < 4.78 is 12.8. The Morgan fingerprint density at radius 2 is 1.95 bits per heavy atom. The van der Waals surface area contributed by atoms with Crippen molar-refractivity contribution in [3.63, 3.8) is 0 Å². The van der Waals surface area contributed by atoms with E-state index in [4.69, 9.17) is 0 Å². The van der Waals surface area contributed by atoms with E-state index in [1.165, 1.54) is 12.1 Å². The molecule has 0 spiro atoms. The second-order valence-electron chi connectivity index (χ2n) is 4.79. The van der Waals surface area contributed by atoms with Gasteiger partial charge >= 0.3 is 5.97 Å². The van der Waals surface area contributed by atoms with E-state index in [0.29, 0.717) is 12.8 Å². The summed E-state index contributed by atoms with van der Waals surface area (Å²) in [6.45, 7) is 3.66. The smallest absolute Gasteiger partial charge is 0.306 e. The monoisotopic (exact) mass is 264 g/mol. The summed E-state index contributed by atoms with van der Waals surface area (Å²) in [6.07, 6.45) is 7.00. The fraction of sp³-hybridized carbons (Fsp3) is 0.438. The first-order chi connectivity index (χ1) is 9.13. The number of carbonyl (C=O) groups is 1. The maximum absolute atomic E-state index is 12.8. The van der Waals surface area contributed by atoms with E-state index in [0.717, 1.165) is 31.2 Å². The second-order valence-corrected chi connectivity index (χ2v) is 4.79. The lowest BCUT2D eigenvalue weighted by Crippen LogP contribution is -2.16. The maximum Gasteiger partial charge on any atom is 0.306 e. The van der Waals surface area contributed by atoms with Crippen LogP contribution >= 0.6 is 0 Å². The van der Waals surface area contributed by atoms with E-state index in [1.807, 2.05) is 6.08 Å². The van der Waals surface area contributed by atoms with E-state index in [9.17, 15) is 14.3 Å². The molecule has 3 heteroatoms. The van der Waals surface area contributed by atoms with Crippen LogP contribution in [0.15, 0.2) is 36.9 Å². The van der Waals surface area contributed by atoms with Crippen molar-refractivity contribution in [2.24, 2.45) is 5.92 Å². The topological polar surface area (TPSA) is 37.3 Å². The SMILES string of the molecule is C=CCCCCC[C@H](Cc1ccc(F)cc1)C(=O)O. The van der Waals surface area contributed by atoms with Gasteiger partial charge in [0.05, 0.1) is 5.92 Å². The first kappa shape index (κ1) is 15.4. The average Bonchev–Trinajstić information content (AvgIpc) is 2.39.